The third-order valence-electron chi connectivity index (χ3n) is 8.09. The van der Waals surface area contributed by atoms with E-state index in [9.17, 15) is 14.9 Å². The summed E-state index contributed by atoms with van der Waals surface area (Å²) in [4.78, 5) is 36.0. The molecule has 2 aliphatic rings. The maximum atomic E-state index is 14.4. The zero-order chi connectivity index (χ0) is 27.5. The van der Waals surface area contributed by atoms with E-state index in [1.54, 1.807) is 28.3 Å². The fraction of sp³-hybridized carbons (Fsp3) is 0.548. The van der Waals surface area contributed by atoms with E-state index < -0.39 is 17.6 Å². The Morgan fingerprint density at radius 2 is 1.79 bits per heavy atom. The molecule has 2 amide bonds. The van der Waals surface area contributed by atoms with Gasteiger partial charge in [-0.25, -0.2) is 0 Å². The number of benzene rings is 1. The number of likely N-dealkylation sites (tertiary alicyclic amines) is 1. The Labute approximate surface area is 227 Å². The van der Waals surface area contributed by atoms with Gasteiger partial charge in [-0.3, -0.25) is 24.4 Å². The number of aromatic nitrogens is 1. The van der Waals surface area contributed by atoms with Crippen LogP contribution in [0.25, 0.3) is 0 Å². The van der Waals surface area contributed by atoms with Gasteiger partial charge in [0.05, 0.1) is 0 Å². The van der Waals surface area contributed by atoms with Crippen LogP contribution < -0.4 is 10.2 Å². The molecule has 4 rings (SSSR count). The van der Waals surface area contributed by atoms with Crippen LogP contribution >= 0.6 is 0 Å². The Kier molecular flexibility index (Phi) is 8.10. The first-order valence-electron chi connectivity index (χ1n) is 13.9. The molecule has 1 saturated heterocycles. The summed E-state index contributed by atoms with van der Waals surface area (Å²) in [6, 6.07) is 10.1. The molecule has 2 unspecified atom stereocenters. The Hall–Kier alpha value is -3.40. The SMILES string of the molecule is CC(C)(C)c1ccc(N(C(=O)C2CCC(C)(C)N2C#N)C(C(=O)NC2CCCCC2)c2cccnc2)cc1. The summed E-state index contributed by atoms with van der Waals surface area (Å²) in [5, 5.41) is 13.2. The van der Waals surface area contributed by atoms with Gasteiger partial charge < -0.3 is 5.32 Å². The predicted octanol–water partition coefficient (Wildman–Crippen LogP) is 5.63. The van der Waals surface area contributed by atoms with Crippen molar-refractivity contribution in [1.29, 1.82) is 5.26 Å². The number of nitriles is 1. The minimum Gasteiger partial charge on any atom is -0.351 e. The Bertz CT molecular complexity index is 1160. The molecule has 2 atom stereocenters. The van der Waals surface area contributed by atoms with Gasteiger partial charge in [0.1, 0.15) is 12.1 Å². The summed E-state index contributed by atoms with van der Waals surface area (Å²) in [6.07, 6.45) is 12.1. The van der Waals surface area contributed by atoms with E-state index in [1.807, 2.05) is 44.2 Å². The monoisotopic (exact) mass is 515 g/mol. The van der Waals surface area contributed by atoms with Crippen LogP contribution in [-0.4, -0.2) is 39.3 Å². The first-order chi connectivity index (χ1) is 18.0. The van der Waals surface area contributed by atoms with Crippen molar-refractivity contribution in [3.05, 3.63) is 59.9 Å². The lowest BCUT2D eigenvalue weighted by atomic mass is 9.87. The molecule has 0 bridgehead atoms. The lowest BCUT2D eigenvalue weighted by Crippen LogP contribution is -2.53. The average molecular weight is 516 g/mol. The highest BCUT2D eigenvalue weighted by atomic mass is 16.2. The van der Waals surface area contributed by atoms with Crippen molar-refractivity contribution >= 4 is 17.5 Å². The number of nitrogens with zero attached hydrogens (tertiary/aromatic N) is 4. The Morgan fingerprint density at radius 3 is 2.37 bits per heavy atom. The second-order valence-corrected chi connectivity index (χ2v) is 12.4. The van der Waals surface area contributed by atoms with Crippen LogP contribution in [0.2, 0.25) is 0 Å². The largest absolute Gasteiger partial charge is 0.351 e. The summed E-state index contributed by atoms with van der Waals surface area (Å²) in [7, 11) is 0. The van der Waals surface area contributed by atoms with Crippen LogP contribution in [0.15, 0.2) is 48.8 Å². The van der Waals surface area contributed by atoms with Crippen molar-refractivity contribution in [2.24, 2.45) is 0 Å². The van der Waals surface area contributed by atoms with E-state index in [0.29, 0.717) is 17.7 Å². The van der Waals surface area contributed by atoms with Crippen LogP contribution in [-0.2, 0) is 15.0 Å². The van der Waals surface area contributed by atoms with Crippen LogP contribution in [0.5, 0.6) is 0 Å². The first-order valence-corrected chi connectivity index (χ1v) is 13.9. The van der Waals surface area contributed by atoms with E-state index in [1.165, 1.54) is 6.42 Å². The highest BCUT2D eigenvalue weighted by Gasteiger charge is 2.46. The van der Waals surface area contributed by atoms with E-state index in [0.717, 1.165) is 37.7 Å². The van der Waals surface area contributed by atoms with Crippen molar-refractivity contribution in [1.82, 2.24) is 15.2 Å². The molecule has 2 fully saturated rings. The predicted molar refractivity (Wildman–Crippen MR) is 149 cm³/mol. The molecule has 202 valence electrons. The van der Waals surface area contributed by atoms with Crippen molar-refractivity contribution < 1.29 is 9.59 Å². The van der Waals surface area contributed by atoms with Gasteiger partial charge in [-0.15, -0.1) is 0 Å². The molecule has 1 aliphatic carbocycles. The fourth-order valence-corrected chi connectivity index (χ4v) is 5.77. The van der Waals surface area contributed by atoms with Crippen molar-refractivity contribution in [3.8, 4) is 6.19 Å². The maximum absolute atomic E-state index is 14.4. The summed E-state index contributed by atoms with van der Waals surface area (Å²) < 4.78 is 0. The molecule has 2 heterocycles. The van der Waals surface area contributed by atoms with E-state index >= 15 is 0 Å². The molecule has 1 aromatic heterocycles. The fourth-order valence-electron chi connectivity index (χ4n) is 5.77. The molecule has 38 heavy (non-hydrogen) atoms. The Balaban J connectivity index is 1.80. The van der Waals surface area contributed by atoms with Crippen LogP contribution in [0, 0.1) is 11.5 Å². The van der Waals surface area contributed by atoms with E-state index in [4.69, 9.17) is 0 Å². The Morgan fingerprint density at radius 1 is 1.11 bits per heavy atom. The number of pyridine rings is 1. The maximum Gasteiger partial charge on any atom is 0.251 e. The topological polar surface area (TPSA) is 89.3 Å². The third-order valence-corrected chi connectivity index (χ3v) is 8.09. The van der Waals surface area contributed by atoms with Gasteiger partial charge in [0.2, 0.25) is 5.91 Å². The number of nitrogens with one attached hydrogen (secondary N) is 1. The molecule has 0 radical (unpaired) electrons. The standard InChI is InChI=1S/C31H41N5O2/c1-30(2,3)23-13-15-25(16-14-23)36(29(38)26-17-18-31(4,5)35(26)21-32)27(22-10-9-19-33-20-22)28(37)34-24-11-7-6-8-12-24/h9-10,13-16,19-20,24,26-27H,6-8,11-12,17-18H2,1-5H3,(H,34,37). The number of hydrogen-bond acceptors (Lipinski definition) is 5. The van der Waals surface area contributed by atoms with Gasteiger partial charge in [-0.1, -0.05) is 58.2 Å². The molecule has 1 aliphatic heterocycles. The highest BCUT2D eigenvalue weighted by molar-refractivity contribution is 6.04. The number of anilines is 1. The molecular formula is C31H41N5O2. The molecular weight excluding hydrogens is 474 g/mol. The van der Waals surface area contributed by atoms with Gasteiger partial charge in [0.25, 0.3) is 5.91 Å². The number of carbonyl (C=O) groups is 2. The first kappa shape index (κ1) is 27.6. The lowest BCUT2D eigenvalue weighted by molar-refractivity contribution is -0.129. The molecule has 1 N–H and O–H groups in total. The minimum absolute atomic E-state index is 0.0540. The lowest BCUT2D eigenvalue weighted by Gasteiger charge is -2.37. The summed E-state index contributed by atoms with van der Waals surface area (Å²) in [6.45, 7) is 10.4. The number of rotatable bonds is 6. The molecule has 1 aromatic carbocycles. The quantitative estimate of drug-likeness (QED) is 0.504. The van der Waals surface area contributed by atoms with E-state index in [2.05, 4.69) is 37.3 Å². The van der Waals surface area contributed by atoms with Gasteiger partial charge in [-0.05, 0) is 68.7 Å². The zero-order valence-corrected chi connectivity index (χ0v) is 23.4. The summed E-state index contributed by atoms with van der Waals surface area (Å²) >= 11 is 0. The number of amides is 2. The summed E-state index contributed by atoms with van der Waals surface area (Å²) in [5.41, 5.74) is 1.94. The van der Waals surface area contributed by atoms with Crippen LogP contribution in [0.1, 0.15) is 96.7 Å². The second-order valence-electron chi connectivity index (χ2n) is 12.4. The summed E-state index contributed by atoms with van der Waals surface area (Å²) in [5.74, 6) is -0.452. The molecule has 1 saturated carbocycles. The van der Waals surface area contributed by atoms with Crippen molar-refractivity contribution in [3.63, 3.8) is 0 Å². The smallest absolute Gasteiger partial charge is 0.251 e. The second kappa shape index (κ2) is 11.1. The van der Waals surface area contributed by atoms with Crippen LogP contribution in [0.4, 0.5) is 5.69 Å². The van der Waals surface area contributed by atoms with Crippen molar-refractivity contribution in [2.75, 3.05) is 4.90 Å². The molecule has 2 aromatic rings. The van der Waals surface area contributed by atoms with Gasteiger partial charge in [0.15, 0.2) is 6.19 Å². The zero-order valence-electron chi connectivity index (χ0n) is 23.4. The molecule has 7 nitrogen and oxygen atoms in total. The van der Waals surface area contributed by atoms with Gasteiger partial charge in [-0.2, -0.15) is 5.26 Å². The highest BCUT2D eigenvalue weighted by Crippen LogP contribution is 2.37. The van der Waals surface area contributed by atoms with E-state index in [-0.39, 0.29) is 23.3 Å². The third kappa shape index (κ3) is 5.85. The van der Waals surface area contributed by atoms with Crippen molar-refractivity contribution in [2.45, 2.75) is 109 Å². The van der Waals surface area contributed by atoms with Gasteiger partial charge in [0, 0.05) is 35.2 Å². The van der Waals surface area contributed by atoms with Gasteiger partial charge >= 0.3 is 0 Å². The average Bonchev–Trinajstić information content (AvgIpc) is 3.21. The minimum atomic E-state index is -0.900. The van der Waals surface area contributed by atoms with Crippen LogP contribution in [0.3, 0.4) is 0 Å². The molecule has 0 spiro atoms. The molecule has 7 heteroatoms. The number of hydrogen-bond donors (Lipinski definition) is 1. The normalized spacial score (nSPS) is 20.4. The number of carbonyl (C=O) groups excluding carboxylic acids is 2.